The predicted octanol–water partition coefficient (Wildman–Crippen LogP) is 5.45. The van der Waals surface area contributed by atoms with E-state index in [2.05, 4.69) is 28.1 Å². The Balaban J connectivity index is 1.28. The highest BCUT2D eigenvalue weighted by Crippen LogP contribution is 2.44. The second kappa shape index (κ2) is 15.7. The van der Waals surface area contributed by atoms with Gasteiger partial charge in [0.15, 0.2) is 0 Å². The van der Waals surface area contributed by atoms with Gasteiger partial charge in [0, 0.05) is 12.5 Å². The standard InChI is InChI=1S/C35H41N3O7/c1-35(2,3)45-31(39)21-37-32(40)30(19-11-12-20-36-33(41)43-22-24-13-5-4-6-14-24)38-34(42)44-23-29-27-17-9-7-15-25(27)26-16-8-10-18-28(26)29/h4-10,13-18,29-30H,11-12,19-23H2,1-3H3,(H,36,41)(H,37,40)(H,38,42). The fraction of sp³-hybridized carbons (Fsp3) is 0.371. The summed E-state index contributed by atoms with van der Waals surface area (Å²) in [5, 5.41) is 7.90. The number of esters is 1. The van der Waals surface area contributed by atoms with Crippen LogP contribution in [0.1, 0.15) is 62.6 Å². The van der Waals surface area contributed by atoms with Crippen molar-refractivity contribution < 1.29 is 33.4 Å². The summed E-state index contributed by atoms with van der Waals surface area (Å²) in [6.45, 7) is 5.45. The summed E-state index contributed by atoms with van der Waals surface area (Å²) in [4.78, 5) is 50.2. The first-order valence-corrected chi connectivity index (χ1v) is 15.2. The molecule has 1 aliphatic carbocycles. The molecule has 0 radical (unpaired) electrons. The van der Waals surface area contributed by atoms with Crippen LogP contribution in [0.15, 0.2) is 78.9 Å². The number of hydrogen-bond donors (Lipinski definition) is 3. The third-order valence-corrected chi connectivity index (χ3v) is 7.18. The molecule has 1 aliphatic rings. The van der Waals surface area contributed by atoms with Crippen LogP contribution in [0.2, 0.25) is 0 Å². The van der Waals surface area contributed by atoms with E-state index in [9.17, 15) is 19.2 Å². The summed E-state index contributed by atoms with van der Waals surface area (Å²) < 4.78 is 16.1. The van der Waals surface area contributed by atoms with E-state index in [-0.39, 0.29) is 32.1 Å². The number of ether oxygens (including phenoxy) is 3. The molecule has 0 fully saturated rings. The zero-order chi connectivity index (χ0) is 32.2. The molecule has 0 aliphatic heterocycles. The number of rotatable bonds is 13. The van der Waals surface area contributed by atoms with Gasteiger partial charge in [0.1, 0.15) is 31.4 Å². The zero-order valence-electron chi connectivity index (χ0n) is 26.0. The molecule has 3 aromatic rings. The maximum Gasteiger partial charge on any atom is 0.407 e. The number of amides is 3. The quantitative estimate of drug-likeness (QED) is 0.132. The van der Waals surface area contributed by atoms with Crippen LogP contribution < -0.4 is 16.0 Å². The van der Waals surface area contributed by atoms with Crippen molar-refractivity contribution in [1.82, 2.24) is 16.0 Å². The van der Waals surface area contributed by atoms with Crippen LogP contribution in [0.3, 0.4) is 0 Å². The lowest BCUT2D eigenvalue weighted by molar-refractivity contribution is -0.154. The minimum Gasteiger partial charge on any atom is -0.459 e. The Bertz CT molecular complexity index is 1420. The van der Waals surface area contributed by atoms with Gasteiger partial charge in [-0.3, -0.25) is 9.59 Å². The van der Waals surface area contributed by atoms with Crippen molar-refractivity contribution in [2.24, 2.45) is 0 Å². The number of hydrogen-bond acceptors (Lipinski definition) is 7. The number of unbranched alkanes of at least 4 members (excludes halogenated alkanes) is 1. The van der Waals surface area contributed by atoms with Crippen LogP contribution in [0.5, 0.6) is 0 Å². The van der Waals surface area contributed by atoms with Crippen LogP contribution in [0.25, 0.3) is 11.1 Å². The molecule has 0 spiro atoms. The molecule has 0 heterocycles. The first kappa shape index (κ1) is 33.0. The van der Waals surface area contributed by atoms with Gasteiger partial charge < -0.3 is 30.2 Å². The fourth-order valence-electron chi connectivity index (χ4n) is 5.15. The summed E-state index contributed by atoms with van der Waals surface area (Å²) in [7, 11) is 0. The van der Waals surface area contributed by atoms with Crippen molar-refractivity contribution in [1.29, 1.82) is 0 Å². The first-order valence-electron chi connectivity index (χ1n) is 15.2. The van der Waals surface area contributed by atoms with Gasteiger partial charge in [0.25, 0.3) is 0 Å². The van der Waals surface area contributed by atoms with Gasteiger partial charge >= 0.3 is 18.2 Å². The number of alkyl carbamates (subject to hydrolysis) is 2. The van der Waals surface area contributed by atoms with E-state index in [1.807, 2.05) is 66.7 Å². The fourth-order valence-corrected chi connectivity index (χ4v) is 5.15. The van der Waals surface area contributed by atoms with Gasteiger partial charge in [-0.25, -0.2) is 9.59 Å². The highest BCUT2D eigenvalue weighted by Gasteiger charge is 2.30. The van der Waals surface area contributed by atoms with Crippen molar-refractivity contribution in [2.45, 2.75) is 64.2 Å². The van der Waals surface area contributed by atoms with Crippen LogP contribution in [0, 0.1) is 0 Å². The molecule has 0 bridgehead atoms. The smallest absolute Gasteiger partial charge is 0.407 e. The lowest BCUT2D eigenvalue weighted by atomic mass is 9.98. The molecular formula is C35H41N3O7. The average Bonchev–Trinajstić information content (AvgIpc) is 3.34. The van der Waals surface area contributed by atoms with Crippen molar-refractivity contribution in [3.05, 3.63) is 95.6 Å². The van der Waals surface area contributed by atoms with Crippen LogP contribution in [-0.4, -0.2) is 55.4 Å². The third-order valence-electron chi connectivity index (χ3n) is 7.18. The highest BCUT2D eigenvalue weighted by atomic mass is 16.6. The van der Waals surface area contributed by atoms with Crippen molar-refractivity contribution >= 4 is 24.1 Å². The average molecular weight is 616 g/mol. The van der Waals surface area contributed by atoms with Crippen molar-refractivity contribution in [3.63, 3.8) is 0 Å². The van der Waals surface area contributed by atoms with Gasteiger partial charge in [0.05, 0.1) is 0 Å². The van der Waals surface area contributed by atoms with E-state index < -0.39 is 35.7 Å². The summed E-state index contributed by atoms with van der Waals surface area (Å²) in [6, 6.07) is 24.4. The SMILES string of the molecule is CC(C)(C)OC(=O)CNC(=O)C(CCCCNC(=O)OCc1ccccc1)NC(=O)OCC1c2ccccc2-c2ccccc21. The molecule has 238 valence electrons. The Morgan fingerprint density at radius 2 is 1.38 bits per heavy atom. The van der Waals surface area contributed by atoms with Crippen molar-refractivity contribution in [3.8, 4) is 11.1 Å². The second-order valence-electron chi connectivity index (χ2n) is 11.8. The molecule has 4 rings (SSSR count). The normalized spacial score (nSPS) is 12.7. The molecule has 0 saturated heterocycles. The Morgan fingerprint density at radius 3 is 2.02 bits per heavy atom. The molecule has 0 aromatic heterocycles. The monoisotopic (exact) mass is 615 g/mol. The Labute approximate surface area is 263 Å². The van der Waals surface area contributed by atoms with E-state index in [1.54, 1.807) is 20.8 Å². The molecule has 10 nitrogen and oxygen atoms in total. The van der Waals surface area contributed by atoms with E-state index in [0.717, 1.165) is 27.8 Å². The Morgan fingerprint density at radius 1 is 0.756 bits per heavy atom. The van der Waals surface area contributed by atoms with E-state index in [4.69, 9.17) is 14.2 Å². The lowest BCUT2D eigenvalue weighted by Gasteiger charge is -2.21. The second-order valence-corrected chi connectivity index (χ2v) is 11.8. The van der Waals surface area contributed by atoms with E-state index in [1.165, 1.54) is 0 Å². The Kier molecular flexibility index (Phi) is 11.6. The molecule has 3 amide bonds. The lowest BCUT2D eigenvalue weighted by Crippen LogP contribution is -2.48. The minimum absolute atomic E-state index is 0.0983. The van der Waals surface area contributed by atoms with Crippen LogP contribution in [0.4, 0.5) is 9.59 Å². The minimum atomic E-state index is -0.965. The molecule has 3 aromatic carbocycles. The van der Waals surface area contributed by atoms with Gasteiger partial charge in [-0.2, -0.15) is 0 Å². The molecule has 1 atom stereocenters. The predicted molar refractivity (Wildman–Crippen MR) is 169 cm³/mol. The Hall–Kier alpha value is -4.86. The van der Waals surface area contributed by atoms with Gasteiger partial charge in [0.2, 0.25) is 5.91 Å². The largest absolute Gasteiger partial charge is 0.459 e. The van der Waals surface area contributed by atoms with Gasteiger partial charge in [-0.05, 0) is 67.9 Å². The van der Waals surface area contributed by atoms with E-state index >= 15 is 0 Å². The summed E-state index contributed by atoms with van der Waals surface area (Å²) in [6.07, 6.45) is 0.000107. The summed E-state index contributed by atoms with van der Waals surface area (Å²) in [5.41, 5.74) is 4.56. The van der Waals surface area contributed by atoms with Crippen molar-refractivity contribution in [2.75, 3.05) is 19.7 Å². The number of carbonyl (C=O) groups is 4. The molecular weight excluding hydrogens is 574 g/mol. The maximum absolute atomic E-state index is 13.0. The number of benzene rings is 3. The number of carbonyl (C=O) groups excluding carboxylic acids is 4. The summed E-state index contributed by atoms with van der Waals surface area (Å²) >= 11 is 0. The number of fused-ring (bicyclic) bond motifs is 3. The zero-order valence-corrected chi connectivity index (χ0v) is 26.0. The number of nitrogens with one attached hydrogen (secondary N) is 3. The molecule has 45 heavy (non-hydrogen) atoms. The van der Waals surface area contributed by atoms with Gasteiger partial charge in [-0.15, -0.1) is 0 Å². The molecule has 10 heteroatoms. The third kappa shape index (κ3) is 10.1. The summed E-state index contributed by atoms with van der Waals surface area (Å²) in [5.74, 6) is -1.26. The van der Waals surface area contributed by atoms with Crippen LogP contribution >= 0.6 is 0 Å². The topological polar surface area (TPSA) is 132 Å². The molecule has 0 saturated carbocycles. The highest BCUT2D eigenvalue weighted by molar-refractivity contribution is 5.88. The van der Waals surface area contributed by atoms with E-state index in [0.29, 0.717) is 19.4 Å². The first-order chi connectivity index (χ1) is 21.6. The maximum atomic E-state index is 13.0. The van der Waals surface area contributed by atoms with Gasteiger partial charge in [-0.1, -0.05) is 78.9 Å². The molecule has 3 N–H and O–H groups in total. The van der Waals surface area contributed by atoms with Crippen LogP contribution in [-0.2, 0) is 30.4 Å². The molecule has 1 unspecified atom stereocenters.